The lowest BCUT2D eigenvalue weighted by molar-refractivity contribution is -0.0848. The first-order chi connectivity index (χ1) is 8.23. The van der Waals surface area contributed by atoms with Crippen molar-refractivity contribution >= 4 is 11.3 Å². The van der Waals surface area contributed by atoms with Gasteiger partial charge < -0.3 is 10.1 Å². The zero-order valence-corrected chi connectivity index (χ0v) is 10.8. The summed E-state index contributed by atoms with van der Waals surface area (Å²) in [5, 5.41) is 12.5. The van der Waals surface area contributed by atoms with Gasteiger partial charge in [-0.25, -0.2) is 0 Å². The van der Waals surface area contributed by atoms with Gasteiger partial charge in [-0.3, -0.25) is 0 Å². The maximum absolute atomic E-state index is 9.03. The number of ether oxygens (including phenoxy) is 1. The van der Waals surface area contributed by atoms with E-state index in [9.17, 15) is 0 Å². The molecule has 3 rings (SSSR count). The molecule has 1 saturated heterocycles. The van der Waals surface area contributed by atoms with Gasteiger partial charge in [0.1, 0.15) is 16.5 Å². The van der Waals surface area contributed by atoms with Gasteiger partial charge in [0.2, 0.25) is 0 Å². The molecule has 0 radical (unpaired) electrons. The summed E-state index contributed by atoms with van der Waals surface area (Å²) in [5.41, 5.74) is 1.23. The Labute approximate surface area is 105 Å². The quantitative estimate of drug-likeness (QED) is 0.765. The van der Waals surface area contributed by atoms with E-state index >= 15 is 0 Å². The topological polar surface area (TPSA) is 45.0 Å². The van der Waals surface area contributed by atoms with Crippen molar-refractivity contribution < 1.29 is 4.74 Å². The Morgan fingerprint density at radius 2 is 2.53 bits per heavy atom. The van der Waals surface area contributed by atoms with Crippen molar-refractivity contribution in [1.82, 2.24) is 5.32 Å². The summed E-state index contributed by atoms with van der Waals surface area (Å²) in [4.78, 5) is 2.14. The first-order valence-corrected chi connectivity index (χ1v) is 6.96. The van der Waals surface area contributed by atoms with Crippen molar-refractivity contribution in [3.8, 4) is 6.07 Å². The average Bonchev–Trinajstić information content (AvgIpc) is 2.74. The molecule has 0 aromatic carbocycles. The van der Waals surface area contributed by atoms with Gasteiger partial charge in [0.15, 0.2) is 0 Å². The molecule has 17 heavy (non-hydrogen) atoms. The first kappa shape index (κ1) is 11.2. The second-order valence-corrected chi connectivity index (χ2v) is 6.03. The molecule has 0 amide bonds. The van der Waals surface area contributed by atoms with Crippen molar-refractivity contribution in [1.29, 1.82) is 5.26 Å². The molecule has 1 fully saturated rings. The van der Waals surface area contributed by atoms with Crippen LogP contribution in [0, 0.1) is 11.3 Å². The molecule has 2 aliphatic rings. The number of nitrogens with one attached hydrogen (secondary N) is 1. The van der Waals surface area contributed by atoms with Crippen molar-refractivity contribution in [2.24, 2.45) is 0 Å². The number of nitriles is 1. The summed E-state index contributed by atoms with van der Waals surface area (Å²) in [6.45, 7) is 4.00. The largest absolute Gasteiger partial charge is 0.369 e. The SMILES string of the molecule is CC1CC2(CCN1)OCCc1cc(C#N)sc12. The summed E-state index contributed by atoms with van der Waals surface area (Å²) in [6, 6.07) is 4.81. The van der Waals surface area contributed by atoms with Crippen LogP contribution >= 0.6 is 11.3 Å². The van der Waals surface area contributed by atoms with E-state index in [2.05, 4.69) is 24.4 Å². The van der Waals surface area contributed by atoms with Crippen LogP contribution in [-0.2, 0) is 16.8 Å². The predicted octanol–water partition coefficient (Wildman–Crippen LogP) is 2.16. The van der Waals surface area contributed by atoms with Crippen molar-refractivity contribution in [2.45, 2.75) is 37.8 Å². The molecular formula is C13H16N2OS. The van der Waals surface area contributed by atoms with Crippen LogP contribution in [0.4, 0.5) is 0 Å². The lowest BCUT2D eigenvalue weighted by atomic mass is 9.83. The number of nitrogens with zero attached hydrogens (tertiary/aromatic N) is 1. The summed E-state index contributed by atoms with van der Waals surface area (Å²) in [5.74, 6) is 0. The Morgan fingerprint density at radius 3 is 3.29 bits per heavy atom. The number of piperidine rings is 1. The normalized spacial score (nSPS) is 32.1. The summed E-state index contributed by atoms with van der Waals surface area (Å²) in [6.07, 6.45) is 3.00. The zero-order chi connectivity index (χ0) is 11.9. The lowest BCUT2D eigenvalue weighted by Gasteiger charge is -2.42. The molecule has 2 aliphatic heterocycles. The van der Waals surface area contributed by atoms with Gasteiger partial charge in [-0.15, -0.1) is 11.3 Å². The van der Waals surface area contributed by atoms with Gasteiger partial charge in [0.25, 0.3) is 0 Å². The fourth-order valence-corrected chi connectivity index (χ4v) is 4.19. The minimum Gasteiger partial charge on any atom is -0.369 e. The van der Waals surface area contributed by atoms with E-state index < -0.39 is 0 Å². The van der Waals surface area contributed by atoms with E-state index in [0.29, 0.717) is 6.04 Å². The minimum absolute atomic E-state index is 0.113. The molecule has 1 aromatic rings. The highest BCUT2D eigenvalue weighted by Crippen LogP contribution is 2.45. The van der Waals surface area contributed by atoms with E-state index in [-0.39, 0.29) is 5.60 Å². The molecule has 2 atom stereocenters. The van der Waals surface area contributed by atoms with E-state index in [4.69, 9.17) is 10.00 Å². The zero-order valence-electron chi connectivity index (χ0n) is 9.95. The third kappa shape index (κ3) is 1.79. The van der Waals surface area contributed by atoms with Gasteiger partial charge in [0, 0.05) is 10.9 Å². The van der Waals surface area contributed by atoms with Crippen molar-refractivity contribution in [3.05, 3.63) is 21.4 Å². The monoisotopic (exact) mass is 248 g/mol. The molecule has 4 heteroatoms. The summed E-state index contributed by atoms with van der Waals surface area (Å²) < 4.78 is 6.12. The van der Waals surface area contributed by atoms with Gasteiger partial charge in [-0.05, 0) is 44.4 Å². The van der Waals surface area contributed by atoms with Crippen LogP contribution < -0.4 is 5.32 Å². The number of fused-ring (bicyclic) bond motifs is 2. The van der Waals surface area contributed by atoms with Crippen LogP contribution in [0.2, 0.25) is 0 Å². The van der Waals surface area contributed by atoms with E-state index in [0.717, 1.165) is 37.3 Å². The molecule has 1 spiro atoms. The minimum atomic E-state index is -0.113. The predicted molar refractivity (Wildman–Crippen MR) is 67.1 cm³/mol. The fraction of sp³-hybridized carbons (Fsp3) is 0.615. The van der Waals surface area contributed by atoms with Crippen LogP contribution in [0.25, 0.3) is 0 Å². The highest BCUT2D eigenvalue weighted by Gasteiger charge is 2.42. The van der Waals surface area contributed by atoms with Crippen LogP contribution in [-0.4, -0.2) is 19.2 Å². The molecule has 0 saturated carbocycles. The Balaban J connectivity index is 2.03. The highest BCUT2D eigenvalue weighted by atomic mass is 32.1. The Hall–Kier alpha value is -0.890. The second-order valence-electron chi connectivity index (χ2n) is 4.98. The molecule has 0 aliphatic carbocycles. The molecule has 3 nitrogen and oxygen atoms in total. The van der Waals surface area contributed by atoms with Gasteiger partial charge in [-0.1, -0.05) is 0 Å². The van der Waals surface area contributed by atoms with Crippen LogP contribution in [0.1, 0.15) is 35.1 Å². The van der Waals surface area contributed by atoms with Crippen molar-refractivity contribution in [3.63, 3.8) is 0 Å². The number of hydrogen-bond donors (Lipinski definition) is 1. The van der Waals surface area contributed by atoms with Gasteiger partial charge in [0.05, 0.1) is 6.61 Å². The Morgan fingerprint density at radius 1 is 1.65 bits per heavy atom. The standard InChI is InChI=1S/C13H16N2OS/c1-9-7-13(3-4-15-9)12-10(2-5-16-13)6-11(8-14)17-12/h6,9,15H,2-5,7H2,1H3. The first-order valence-electron chi connectivity index (χ1n) is 6.14. The van der Waals surface area contributed by atoms with Crippen molar-refractivity contribution in [2.75, 3.05) is 13.2 Å². The smallest absolute Gasteiger partial charge is 0.110 e. The van der Waals surface area contributed by atoms with Crippen LogP contribution in [0.3, 0.4) is 0 Å². The third-order valence-electron chi connectivity index (χ3n) is 3.74. The molecule has 1 N–H and O–H groups in total. The van der Waals surface area contributed by atoms with E-state index in [1.165, 1.54) is 10.4 Å². The highest BCUT2D eigenvalue weighted by molar-refractivity contribution is 7.12. The number of thiophene rings is 1. The van der Waals surface area contributed by atoms with Gasteiger partial charge in [-0.2, -0.15) is 5.26 Å². The molecular weight excluding hydrogens is 232 g/mol. The van der Waals surface area contributed by atoms with E-state index in [1.54, 1.807) is 11.3 Å². The third-order valence-corrected chi connectivity index (χ3v) is 5.01. The van der Waals surface area contributed by atoms with E-state index in [1.807, 2.05) is 0 Å². The fourth-order valence-electron chi connectivity index (χ4n) is 3.00. The molecule has 0 bridgehead atoms. The maximum atomic E-state index is 9.03. The molecule has 3 heterocycles. The van der Waals surface area contributed by atoms with Gasteiger partial charge >= 0.3 is 0 Å². The number of hydrogen-bond acceptors (Lipinski definition) is 4. The number of rotatable bonds is 0. The molecule has 90 valence electrons. The summed E-state index contributed by atoms with van der Waals surface area (Å²) >= 11 is 1.63. The lowest BCUT2D eigenvalue weighted by Crippen LogP contribution is -2.48. The molecule has 1 aromatic heterocycles. The molecule has 2 unspecified atom stereocenters. The summed E-state index contributed by atoms with van der Waals surface area (Å²) in [7, 11) is 0. The maximum Gasteiger partial charge on any atom is 0.110 e. The Bertz CT molecular complexity index is 476. The second kappa shape index (κ2) is 4.09. The average molecular weight is 248 g/mol. The van der Waals surface area contributed by atoms with Crippen LogP contribution in [0.5, 0.6) is 0 Å². The van der Waals surface area contributed by atoms with Crippen LogP contribution in [0.15, 0.2) is 6.07 Å². The Kier molecular flexibility index (Phi) is 2.70.